The van der Waals surface area contributed by atoms with Crippen LogP contribution < -0.4 is 10.2 Å². The van der Waals surface area contributed by atoms with Crippen LogP contribution in [0.3, 0.4) is 0 Å². The van der Waals surface area contributed by atoms with E-state index in [-0.39, 0.29) is 29.9 Å². The molecule has 156 valence electrons. The Balaban J connectivity index is 0.00000280. The average molecular weight is 499 g/mol. The number of amides is 1. The summed E-state index contributed by atoms with van der Waals surface area (Å²) in [7, 11) is 1.82. The van der Waals surface area contributed by atoms with E-state index in [1.54, 1.807) is 0 Å². The molecule has 1 aromatic rings. The van der Waals surface area contributed by atoms with Crippen molar-refractivity contribution in [2.75, 3.05) is 57.8 Å². The maximum atomic E-state index is 12.5. The minimum atomic E-state index is 0. The van der Waals surface area contributed by atoms with Crippen molar-refractivity contribution in [3.63, 3.8) is 0 Å². The van der Waals surface area contributed by atoms with Crippen molar-refractivity contribution >= 4 is 41.5 Å². The first-order valence-corrected chi connectivity index (χ1v) is 10.0. The van der Waals surface area contributed by atoms with Gasteiger partial charge in [-0.2, -0.15) is 0 Å². The van der Waals surface area contributed by atoms with Crippen LogP contribution in [0.25, 0.3) is 0 Å². The van der Waals surface area contributed by atoms with Gasteiger partial charge in [-0.25, -0.2) is 0 Å². The quantitative estimate of drug-likeness (QED) is 0.393. The fraction of sp³-hybridized carbons (Fsp3) is 0.619. The zero-order valence-electron chi connectivity index (χ0n) is 17.4. The Morgan fingerprint density at radius 3 is 2.32 bits per heavy atom. The molecular weight excluding hydrogens is 465 g/mol. The lowest BCUT2D eigenvalue weighted by molar-refractivity contribution is -0.131. The summed E-state index contributed by atoms with van der Waals surface area (Å²) >= 11 is 0. The summed E-state index contributed by atoms with van der Waals surface area (Å²) in [4.78, 5) is 23.6. The molecule has 7 heteroatoms. The molecule has 2 aliphatic heterocycles. The smallest absolute Gasteiger partial charge is 0.224 e. The standard InChI is InChI=1S/C21H33N5O.HI/c1-21(2)10-12-26(17-21)20(22-3)23-11-9-19(27)25-15-13-24(14-16-25)18-7-5-4-6-8-18;/h4-8H,9-17H2,1-3H3,(H,22,23);1H. The maximum Gasteiger partial charge on any atom is 0.224 e. The van der Waals surface area contributed by atoms with Crippen molar-refractivity contribution < 1.29 is 4.79 Å². The van der Waals surface area contributed by atoms with Crippen molar-refractivity contribution in [1.82, 2.24) is 15.1 Å². The number of aliphatic imine (C=N–C) groups is 1. The number of para-hydroxylation sites is 1. The number of halogens is 1. The SMILES string of the molecule is CN=C(NCCC(=O)N1CCN(c2ccccc2)CC1)N1CCC(C)(C)C1.I. The molecule has 3 rings (SSSR count). The summed E-state index contributed by atoms with van der Waals surface area (Å²) < 4.78 is 0. The van der Waals surface area contributed by atoms with Crippen molar-refractivity contribution in [3.8, 4) is 0 Å². The molecule has 0 unspecified atom stereocenters. The van der Waals surface area contributed by atoms with Gasteiger partial charge in [0.25, 0.3) is 0 Å². The van der Waals surface area contributed by atoms with Crippen LogP contribution in [0.5, 0.6) is 0 Å². The van der Waals surface area contributed by atoms with Gasteiger partial charge >= 0.3 is 0 Å². The van der Waals surface area contributed by atoms with Gasteiger partial charge in [0.15, 0.2) is 5.96 Å². The number of nitrogens with one attached hydrogen (secondary N) is 1. The van der Waals surface area contributed by atoms with Crippen LogP contribution in [-0.4, -0.2) is 74.5 Å². The van der Waals surface area contributed by atoms with E-state index in [2.05, 4.69) is 58.2 Å². The fourth-order valence-electron chi connectivity index (χ4n) is 3.92. The third-order valence-corrected chi connectivity index (χ3v) is 5.56. The molecule has 0 bridgehead atoms. The zero-order valence-corrected chi connectivity index (χ0v) is 19.7. The maximum absolute atomic E-state index is 12.5. The summed E-state index contributed by atoms with van der Waals surface area (Å²) in [6, 6.07) is 10.4. The molecule has 1 aromatic carbocycles. The number of nitrogens with zero attached hydrogens (tertiary/aromatic N) is 4. The number of carbonyl (C=O) groups excluding carboxylic acids is 1. The van der Waals surface area contributed by atoms with Gasteiger partial charge in [-0.1, -0.05) is 32.0 Å². The van der Waals surface area contributed by atoms with Crippen molar-refractivity contribution in [2.45, 2.75) is 26.7 Å². The Labute approximate surface area is 186 Å². The molecule has 0 aromatic heterocycles. The molecule has 0 spiro atoms. The Kier molecular flexibility index (Phi) is 8.39. The average Bonchev–Trinajstić information content (AvgIpc) is 3.05. The first-order chi connectivity index (χ1) is 13.0. The molecule has 1 amide bonds. The molecule has 28 heavy (non-hydrogen) atoms. The molecule has 2 fully saturated rings. The van der Waals surface area contributed by atoms with Crippen LogP contribution in [0, 0.1) is 5.41 Å². The lowest BCUT2D eigenvalue weighted by atomic mass is 9.93. The summed E-state index contributed by atoms with van der Waals surface area (Å²) in [6.07, 6.45) is 1.69. The summed E-state index contributed by atoms with van der Waals surface area (Å²) in [5, 5.41) is 3.37. The van der Waals surface area contributed by atoms with Gasteiger partial charge in [0.05, 0.1) is 0 Å². The second kappa shape index (κ2) is 10.3. The normalized spacial score (nSPS) is 19.4. The molecule has 0 radical (unpaired) electrons. The van der Waals surface area contributed by atoms with Crippen LogP contribution in [0.4, 0.5) is 5.69 Å². The lowest BCUT2D eigenvalue weighted by Crippen LogP contribution is -2.49. The molecule has 2 heterocycles. The van der Waals surface area contributed by atoms with E-state index >= 15 is 0 Å². The molecule has 2 aliphatic rings. The predicted molar refractivity (Wildman–Crippen MR) is 127 cm³/mol. The van der Waals surface area contributed by atoms with E-state index in [0.29, 0.717) is 18.4 Å². The van der Waals surface area contributed by atoms with Gasteiger partial charge in [-0.15, -0.1) is 24.0 Å². The molecule has 0 atom stereocenters. The Bertz CT molecular complexity index is 656. The number of carbonyl (C=O) groups is 1. The molecule has 2 saturated heterocycles. The number of rotatable bonds is 4. The van der Waals surface area contributed by atoms with Crippen LogP contribution in [0.15, 0.2) is 35.3 Å². The molecule has 6 nitrogen and oxygen atoms in total. The zero-order chi connectivity index (χ0) is 19.3. The summed E-state index contributed by atoms with van der Waals surface area (Å²) in [5.74, 6) is 1.15. The van der Waals surface area contributed by atoms with Gasteiger partial charge in [0, 0.05) is 65.0 Å². The van der Waals surface area contributed by atoms with E-state index in [9.17, 15) is 4.79 Å². The summed E-state index contributed by atoms with van der Waals surface area (Å²) in [6.45, 7) is 10.6. The summed E-state index contributed by atoms with van der Waals surface area (Å²) in [5.41, 5.74) is 1.58. The van der Waals surface area contributed by atoms with Gasteiger partial charge in [-0.05, 0) is 24.0 Å². The Hall–Kier alpha value is -1.51. The van der Waals surface area contributed by atoms with Crippen LogP contribution >= 0.6 is 24.0 Å². The fourth-order valence-corrected chi connectivity index (χ4v) is 3.92. The number of hydrogen-bond donors (Lipinski definition) is 1. The number of piperazine rings is 1. The highest BCUT2D eigenvalue weighted by atomic mass is 127. The third-order valence-electron chi connectivity index (χ3n) is 5.56. The monoisotopic (exact) mass is 499 g/mol. The highest BCUT2D eigenvalue weighted by molar-refractivity contribution is 14.0. The molecule has 1 N–H and O–H groups in total. The second-order valence-corrected chi connectivity index (χ2v) is 8.26. The Morgan fingerprint density at radius 2 is 1.75 bits per heavy atom. The number of anilines is 1. The third kappa shape index (κ3) is 5.99. The molecule has 0 aliphatic carbocycles. The highest BCUT2D eigenvalue weighted by Crippen LogP contribution is 2.28. The number of likely N-dealkylation sites (tertiary alicyclic amines) is 1. The van der Waals surface area contributed by atoms with Crippen molar-refractivity contribution in [2.24, 2.45) is 10.4 Å². The lowest BCUT2D eigenvalue weighted by Gasteiger charge is -2.36. The van der Waals surface area contributed by atoms with E-state index in [1.165, 1.54) is 12.1 Å². The van der Waals surface area contributed by atoms with Crippen LogP contribution in [-0.2, 0) is 4.79 Å². The van der Waals surface area contributed by atoms with Gasteiger partial charge in [0.1, 0.15) is 0 Å². The number of guanidine groups is 1. The van der Waals surface area contributed by atoms with Crippen molar-refractivity contribution in [1.29, 1.82) is 0 Å². The predicted octanol–water partition coefficient (Wildman–Crippen LogP) is 2.65. The van der Waals surface area contributed by atoms with Crippen LogP contribution in [0.1, 0.15) is 26.7 Å². The van der Waals surface area contributed by atoms with E-state index < -0.39 is 0 Å². The molecular formula is C21H34IN5O. The first-order valence-electron chi connectivity index (χ1n) is 10.0. The largest absolute Gasteiger partial charge is 0.368 e. The minimum Gasteiger partial charge on any atom is -0.368 e. The van der Waals surface area contributed by atoms with Crippen LogP contribution in [0.2, 0.25) is 0 Å². The van der Waals surface area contributed by atoms with Crippen molar-refractivity contribution in [3.05, 3.63) is 30.3 Å². The van der Waals surface area contributed by atoms with E-state index in [1.807, 2.05) is 18.0 Å². The topological polar surface area (TPSA) is 51.2 Å². The first kappa shape index (κ1) is 22.8. The highest BCUT2D eigenvalue weighted by Gasteiger charge is 2.31. The molecule has 0 saturated carbocycles. The Morgan fingerprint density at radius 1 is 1.07 bits per heavy atom. The number of hydrogen-bond acceptors (Lipinski definition) is 3. The minimum absolute atomic E-state index is 0. The van der Waals surface area contributed by atoms with E-state index in [0.717, 1.165) is 45.2 Å². The second-order valence-electron chi connectivity index (χ2n) is 8.26. The van der Waals surface area contributed by atoms with Gasteiger partial charge < -0.3 is 20.0 Å². The van der Waals surface area contributed by atoms with Gasteiger partial charge in [-0.3, -0.25) is 9.79 Å². The number of benzene rings is 1. The van der Waals surface area contributed by atoms with E-state index in [4.69, 9.17) is 0 Å². The van der Waals surface area contributed by atoms with Gasteiger partial charge in [0.2, 0.25) is 5.91 Å².